The third-order valence-corrected chi connectivity index (χ3v) is 5.95. The molecular weight excluding hydrogens is 316 g/mol. The van der Waals surface area contributed by atoms with Crippen molar-refractivity contribution in [2.24, 2.45) is 0 Å². The van der Waals surface area contributed by atoms with E-state index in [1.54, 1.807) is 17.7 Å². The Morgan fingerprint density at radius 1 is 1.12 bits per heavy atom. The van der Waals surface area contributed by atoms with E-state index in [4.69, 9.17) is 4.98 Å². The van der Waals surface area contributed by atoms with Gasteiger partial charge < -0.3 is 5.32 Å². The van der Waals surface area contributed by atoms with Crippen molar-refractivity contribution in [3.05, 3.63) is 23.1 Å². The van der Waals surface area contributed by atoms with E-state index >= 15 is 0 Å². The van der Waals surface area contributed by atoms with E-state index in [-0.39, 0.29) is 0 Å². The lowest BCUT2D eigenvalue weighted by molar-refractivity contribution is 0.832. The van der Waals surface area contributed by atoms with Crippen LogP contribution in [0, 0.1) is 0 Å². The minimum absolute atomic E-state index is 0.962. The first-order valence-corrected chi connectivity index (χ1v) is 9.96. The number of hydrogen-bond acceptors (Lipinski definition) is 5. The molecule has 3 aromatic heterocycles. The van der Waals surface area contributed by atoms with Crippen LogP contribution in [-0.2, 0) is 19.3 Å². The molecule has 3 heterocycles. The number of fused-ring (bicyclic) bond motifs is 5. The second kappa shape index (κ2) is 6.63. The minimum Gasteiger partial charge on any atom is -0.369 e. The molecule has 24 heavy (non-hydrogen) atoms. The van der Waals surface area contributed by atoms with Crippen LogP contribution in [0.2, 0.25) is 0 Å². The predicted octanol–water partition coefficient (Wildman–Crippen LogP) is 4.89. The predicted molar refractivity (Wildman–Crippen MR) is 102 cm³/mol. The van der Waals surface area contributed by atoms with Crippen molar-refractivity contribution in [3.8, 4) is 0 Å². The summed E-state index contributed by atoms with van der Waals surface area (Å²) in [5.41, 5.74) is 5.42. The van der Waals surface area contributed by atoms with Gasteiger partial charge in [-0.2, -0.15) is 0 Å². The lowest BCUT2D eigenvalue weighted by atomic mass is 10.0. The monoisotopic (exact) mass is 340 g/mol. The van der Waals surface area contributed by atoms with Gasteiger partial charge in [0.1, 0.15) is 17.0 Å². The molecule has 126 valence electrons. The molecule has 1 aliphatic carbocycles. The number of nitrogens with zero attached hydrogens (tertiary/aromatic N) is 3. The SMILES string of the molecule is CCCCNc1ncnc2c1sc1nc(CCC)c3c(c12)CCC3. The quantitative estimate of drug-likeness (QED) is 0.649. The lowest BCUT2D eigenvalue weighted by Crippen LogP contribution is -2.03. The molecule has 0 saturated carbocycles. The highest BCUT2D eigenvalue weighted by Gasteiger charge is 2.23. The van der Waals surface area contributed by atoms with Crippen LogP contribution >= 0.6 is 11.3 Å². The van der Waals surface area contributed by atoms with Gasteiger partial charge in [0.2, 0.25) is 0 Å². The van der Waals surface area contributed by atoms with Gasteiger partial charge in [-0.05, 0) is 43.2 Å². The summed E-state index contributed by atoms with van der Waals surface area (Å²) in [6, 6.07) is 0. The maximum absolute atomic E-state index is 5.03. The van der Waals surface area contributed by atoms with Crippen LogP contribution < -0.4 is 5.32 Å². The van der Waals surface area contributed by atoms with Crippen molar-refractivity contribution in [1.82, 2.24) is 15.0 Å². The molecule has 4 nitrogen and oxygen atoms in total. The number of unbranched alkanes of at least 4 members (excludes halogenated alkanes) is 1. The first-order chi connectivity index (χ1) is 11.8. The van der Waals surface area contributed by atoms with E-state index in [1.165, 1.54) is 52.6 Å². The van der Waals surface area contributed by atoms with E-state index < -0.39 is 0 Å². The van der Waals surface area contributed by atoms with E-state index in [9.17, 15) is 0 Å². The average molecular weight is 340 g/mol. The number of anilines is 1. The Balaban J connectivity index is 1.90. The number of aryl methyl sites for hydroxylation is 2. The molecule has 1 N–H and O–H groups in total. The maximum Gasteiger partial charge on any atom is 0.147 e. The average Bonchev–Trinajstić information content (AvgIpc) is 3.19. The fraction of sp³-hybridized carbons (Fsp3) is 0.526. The Bertz CT molecular complexity index is 884. The van der Waals surface area contributed by atoms with E-state index in [2.05, 4.69) is 29.1 Å². The second-order valence-corrected chi connectivity index (χ2v) is 7.58. The van der Waals surface area contributed by atoms with Gasteiger partial charge in [0.05, 0.1) is 10.2 Å². The molecule has 0 atom stereocenters. The molecule has 0 aromatic carbocycles. The molecule has 0 fully saturated rings. The molecule has 0 unspecified atom stereocenters. The zero-order chi connectivity index (χ0) is 16.5. The van der Waals surface area contributed by atoms with Gasteiger partial charge in [-0.15, -0.1) is 11.3 Å². The van der Waals surface area contributed by atoms with Crippen molar-refractivity contribution in [3.63, 3.8) is 0 Å². The topological polar surface area (TPSA) is 50.7 Å². The van der Waals surface area contributed by atoms with Crippen LogP contribution in [0.15, 0.2) is 6.33 Å². The number of thiophene rings is 1. The van der Waals surface area contributed by atoms with Gasteiger partial charge in [-0.25, -0.2) is 15.0 Å². The minimum atomic E-state index is 0.962. The number of rotatable bonds is 6. The first-order valence-electron chi connectivity index (χ1n) is 9.15. The van der Waals surface area contributed by atoms with Gasteiger partial charge >= 0.3 is 0 Å². The molecule has 0 saturated heterocycles. The van der Waals surface area contributed by atoms with Crippen LogP contribution in [0.4, 0.5) is 5.82 Å². The fourth-order valence-electron chi connectivity index (χ4n) is 3.73. The smallest absolute Gasteiger partial charge is 0.147 e. The van der Waals surface area contributed by atoms with E-state index in [1.807, 2.05) is 0 Å². The standard InChI is InChI=1S/C19H24N4S/c1-3-5-10-20-18-17-16(21-11-22-18)15-13-9-6-8-12(13)14(7-4-2)23-19(15)24-17/h11H,3-10H2,1-2H3,(H,20,21,22). The number of pyridine rings is 1. The Hall–Kier alpha value is -1.75. The summed E-state index contributed by atoms with van der Waals surface area (Å²) in [5.74, 6) is 0.972. The summed E-state index contributed by atoms with van der Waals surface area (Å²) in [4.78, 5) is 15.3. The molecular formula is C19H24N4S. The number of nitrogens with one attached hydrogen (secondary N) is 1. The Labute approximate surface area is 146 Å². The van der Waals surface area contributed by atoms with Crippen molar-refractivity contribution in [2.75, 3.05) is 11.9 Å². The number of aromatic nitrogens is 3. The highest BCUT2D eigenvalue weighted by atomic mass is 32.1. The van der Waals surface area contributed by atoms with Crippen LogP contribution in [0.3, 0.4) is 0 Å². The summed E-state index contributed by atoms with van der Waals surface area (Å²) in [6.45, 7) is 5.40. The zero-order valence-electron chi connectivity index (χ0n) is 14.5. The Morgan fingerprint density at radius 3 is 2.83 bits per heavy atom. The summed E-state index contributed by atoms with van der Waals surface area (Å²) in [7, 11) is 0. The van der Waals surface area contributed by atoms with Crippen LogP contribution in [-0.4, -0.2) is 21.5 Å². The maximum atomic E-state index is 5.03. The highest BCUT2D eigenvalue weighted by molar-refractivity contribution is 7.26. The van der Waals surface area contributed by atoms with Gasteiger partial charge in [-0.1, -0.05) is 26.7 Å². The molecule has 4 rings (SSSR count). The summed E-state index contributed by atoms with van der Waals surface area (Å²) >= 11 is 1.75. The summed E-state index contributed by atoms with van der Waals surface area (Å²) in [5, 5.41) is 4.78. The molecule has 0 bridgehead atoms. The molecule has 0 amide bonds. The van der Waals surface area contributed by atoms with Crippen molar-refractivity contribution in [2.45, 2.75) is 58.8 Å². The van der Waals surface area contributed by atoms with Gasteiger partial charge in [-0.3, -0.25) is 0 Å². The van der Waals surface area contributed by atoms with Gasteiger partial charge in [0.15, 0.2) is 0 Å². The Kier molecular flexibility index (Phi) is 4.35. The largest absolute Gasteiger partial charge is 0.369 e. The second-order valence-electron chi connectivity index (χ2n) is 6.58. The van der Waals surface area contributed by atoms with Crippen molar-refractivity contribution in [1.29, 1.82) is 0 Å². The van der Waals surface area contributed by atoms with E-state index in [0.29, 0.717) is 0 Å². The van der Waals surface area contributed by atoms with Crippen LogP contribution in [0.1, 0.15) is 56.4 Å². The first kappa shape index (κ1) is 15.8. The molecule has 0 radical (unpaired) electrons. The third kappa shape index (κ3) is 2.55. The molecule has 3 aromatic rings. The van der Waals surface area contributed by atoms with Gasteiger partial charge in [0.25, 0.3) is 0 Å². The van der Waals surface area contributed by atoms with Crippen LogP contribution in [0.25, 0.3) is 20.4 Å². The molecule has 0 spiro atoms. The molecule has 1 aliphatic rings. The zero-order valence-corrected chi connectivity index (χ0v) is 15.3. The van der Waals surface area contributed by atoms with E-state index in [0.717, 1.165) is 42.0 Å². The van der Waals surface area contributed by atoms with Crippen molar-refractivity contribution >= 4 is 37.6 Å². The highest BCUT2D eigenvalue weighted by Crippen LogP contribution is 2.41. The summed E-state index contributed by atoms with van der Waals surface area (Å²) < 4.78 is 1.17. The normalized spacial score (nSPS) is 13.8. The number of hydrogen-bond donors (Lipinski definition) is 1. The summed E-state index contributed by atoms with van der Waals surface area (Å²) in [6.07, 6.45) is 9.87. The molecule has 5 heteroatoms. The van der Waals surface area contributed by atoms with Crippen molar-refractivity contribution < 1.29 is 0 Å². The van der Waals surface area contributed by atoms with Crippen LogP contribution in [0.5, 0.6) is 0 Å². The Morgan fingerprint density at radius 2 is 2.00 bits per heavy atom. The molecule has 0 aliphatic heterocycles. The lowest BCUT2D eigenvalue weighted by Gasteiger charge is -2.08. The fourth-order valence-corrected chi connectivity index (χ4v) is 4.87. The van der Waals surface area contributed by atoms with Gasteiger partial charge in [0, 0.05) is 17.6 Å². The third-order valence-electron chi connectivity index (χ3n) is 4.87.